The van der Waals surface area contributed by atoms with E-state index in [9.17, 15) is 23.1 Å². The molecule has 8 nitrogen and oxygen atoms in total. The number of carboxylic acid groups (broad SMARTS) is 1. The van der Waals surface area contributed by atoms with E-state index in [1.165, 1.54) is 122 Å². The summed E-state index contributed by atoms with van der Waals surface area (Å²) in [6, 6.07) is 19.6. The highest BCUT2D eigenvalue weighted by Gasteiger charge is 2.52. The van der Waals surface area contributed by atoms with Crippen LogP contribution in [0.5, 0.6) is 0 Å². The summed E-state index contributed by atoms with van der Waals surface area (Å²) in [6.45, 7) is 10.8. The maximum Gasteiger partial charge on any atom is 0.306 e. The third kappa shape index (κ3) is 24.7. The van der Waals surface area contributed by atoms with Gasteiger partial charge in [0.2, 0.25) is 10.0 Å². The number of esters is 1. The van der Waals surface area contributed by atoms with Gasteiger partial charge in [-0.2, -0.15) is 0 Å². The Morgan fingerprint density at radius 3 is 1.44 bits per heavy atom. The summed E-state index contributed by atoms with van der Waals surface area (Å²) in [5, 5.41) is 11.0. The van der Waals surface area contributed by atoms with Crippen molar-refractivity contribution in [2.45, 2.75) is 232 Å². The van der Waals surface area contributed by atoms with Gasteiger partial charge in [-0.15, -0.1) is 0 Å². The number of nitrogens with one attached hydrogen (secondary N) is 1. The number of hydrogen-bond donors (Lipinski definition) is 2. The molecule has 2 rings (SSSR count). The lowest BCUT2D eigenvalue weighted by atomic mass is 10.0. The number of carboxylic acids is 1. The van der Waals surface area contributed by atoms with Crippen LogP contribution >= 0.6 is 0 Å². The van der Waals surface area contributed by atoms with E-state index in [0.29, 0.717) is 6.42 Å². The van der Waals surface area contributed by atoms with Crippen molar-refractivity contribution < 1.29 is 32.3 Å². The fourth-order valence-electron chi connectivity index (χ4n) is 8.74. The Labute approximate surface area is 392 Å². The molecule has 2 atom stereocenters. The number of sulfonamides is 1. The molecule has 0 bridgehead atoms. The average Bonchev–Trinajstić information content (AvgIpc) is 3.27. The van der Waals surface area contributed by atoms with Crippen LogP contribution in [0.1, 0.15) is 214 Å². The minimum absolute atomic E-state index is 0.0388. The van der Waals surface area contributed by atoms with Gasteiger partial charge in [0.05, 0.1) is 30.7 Å². The van der Waals surface area contributed by atoms with E-state index in [1.807, 2.05) is 42.5 Å². The minimum atomic E-state index is -3.83. The summed E-state index contributed by atoms with van der Waals surface area (Å²) in [7, 11) is -7.04. The van der Waals surface area contributed by atoms with Crippen molar-refractivity contribution in [3.8, 4) is 0 Å². The number of unbranched alkanes of at least 4 members (excludes halogenated alkanes) is 24. The summed E-state index contributed by atoms with van der Waals surface area (Å²) in [4.78, 5) is 24.2. The predicted octanol–water partition coefficient (Wildman–Crippen LogP) is 13.4. The standard InChI is InChI=1S/C54H91NO7SSi/c1-6-8-10-12-14-16-18-20-22-24-26-28-30-38-46-63(59,60)55-50(47-61-53(58)45-44-52(56)57)51(43-37-29-27-25-23-21-19-17-15-13-11-9-7-2)62-64(54(3,4)5,48-39-33-31-34-40-48)49-41-35-32-36-42-49/h31-37,39-43,50-51,55H,6-30,38,44-47H2,1-5H3,(H,56,57)/t50-,51+/m0/s1. The molecule has 0 amide bonds. The topological polar surface area (TPSA) is 119 Å². The van der Waals surface area contributed by atoms with Crippen molar-refractivity contribution >= 4 is 40.7 Å². The van der Waals surface area contributed by atoms with Gasteiger partial charge in [-0.05, 0) is 34.7 Å². The van der Waals surface area contributed by atoms with Gasteiger partial charge in [0, 0.05) is 0 Å². The van der Waals surface area contributed by atoms with E-state index in [2.05, 4.69) is 69.7 Å². The second kappa shape index (κ2) is 34.5. The molecule has 2 aromatic carbocycles. The van der Waals surface area contributed by atoms with Gasteiger partial charge < -0.3 is 14.3 Å². The van der Waals surface area contributed by atoms with Gasteiger partial charge in [-0.1, -0.05) is 255 Å². The summed E-state index contributed by atoms with van der Waals surface area (Å²) in [5.74, 6) is -1.82. The number of hydrogen-bond acceptors (Lipinski definition) is 6. The zero-order chi connectivity index (χ0) is 46.8. The third-order valence-corrected chi connectivity index (χ3v) is 19.0. The van der Waals surface area contributed by atoms with Crippen LogP contribution in [0, 0.1) is 0 Å². The van der Waals surface area contributed by atoms with E-state index in [-0.39, 0.29) is 25.2 Å². The van der Waals surface area contributed by atoms with Crippen LogP contribution in [0.3, 0.4) is 0 Å². The molecule has 0 spiro atoms. The number of carbonyl (C=O) groups is 2. The van der Waals surface area contributed by atoms with Crippen LogP contribution in [-0.4, -0.2) is 58.3 Å². The molecule has 0 fully saturated rings. The highest BCUT2D eigenvalue weighted by Crippen LogP contribution is 2.38. The second-order valence-corrected chi connectivity index (χ2v) is 25.3. The molecule has 0 aliphatic rings. The molecule has 10 heteroatoms. The number of benzene rings is 2. The zero-order valence-electron chi connectivity index (χ0n) is 41.1. The molecular weight excluding hydrogens is 835 g/mol. The van der Waals surface area contributed by atoms with Gasteiger partial charge in [0.1, 0.15) is 6.61 Å². The lowest BCUT2D eigenvalue weighted by molar-refractivity contribution is -0.148. The lowest BCUT2D eigenvalue weighted by Crippen LogP contribution is -2.69. The number of carbonyl (C=O) groups excluding carboxylic acids is 1. The molecule has 0 saturated heterocycles. The molecule has 0 aliphatic heterocycles. The molecule has 364 valence electrons. The highest BCUT2D eigenvalue weighted by molar-refractivity contribution is 7.89. The fourth-order valence-corrected chi connectivity index (χ4v) is 14.8. The summed E-state index contributed by atoms with van der Waals surface area (Å²) >= 11 is 0. The second-order valence-electron chi connectivity index (χ2n) is 19.2. The number of rotatable bonds is 40. The Hall–Kier alpha value is -2.79. The van der Waals surface area contributed by atoms with E-state index >= 15 is 0 Å². The molecule has 2 N–H and O–H groups in total. The lowest BCUT2D eigenvalue weighted by Gasteiger charge is -2.46. The Bertz CT molecular complexity index is 1570. The highest BCUT2D eigenvalue weighted by atomic mass is 32.2. The largest absolute Gasteiger partial charge is 0.481 e. The van der Waals surface area contributed by atoms with E-state index in [1.54, 1.807) is 0 Å². The molecule has 0 unspecified atom stereocenters. The first kappa shape index (κ1) is 57.3. The Morgan fingerprint density at radius 1 is 0.625 bits per heavy atom. The van der Waals surface area contributed by atoms with Crippen molar-refractivity contribution in [2.24, 2.45) is 0 Å². The van der Waals surface area contributed by atoms with Crippen molar-refractivity contribution in [2.75, 3.05) is 12.4 Å². The fraction of sp³-hybridized carbons (Fsp3) is 0.704. The predicted molar refractivity (Wildman–Crippen MR) is 272 cm³/mol. The van der Waals surface area contributed by atoms with E-state index in [0.717, 1.165) is 48.9 Å². The van der Waals surface area contributed by atoms with Crippen LogP contribution in [0.4, 0.5) is 0 Å². The van der Waals surface area contributed by atoms with Crippen molar-refractivity contribution in [1.29, 1.82) is 0 Å². The van der Waals surface area contributed by atoms with Crippen LogP contribution in [-0.2, 0) is 28.8 Å². The van der Waals surface area contributed by atoms with Crippen LogP contribution in [0.25, 0.3) is 0 Å². The normalized spacial score (nSPS) is 13.3. The van der Waals surface area contributed by atoms with E-state index < -0.39 is 47.5 Å². The number of aliphatic carboxylic acids is 1. The molecule has 0 aromatic heterocycles. The Balaban J connectivity index is 2.29. The van der Waals surface area contributed by atoms with Crippen LogP contribution < -0.4 is 15.1 Å². The molecule has 0 radical (unpaired) electrons. The van der Waals surface area contributed by atoms with Gasteiger partial charge in [-0.3, -0.25) is 9.59 Å². The van der Waals surface area contributed by atoms with E-state index in [4.69, 9.17) is 9.16 Å². The quantitative estimate of drug-likeness (QED) is 0.0296. The molecule has 0 heterocycles. The molecule has 64 heavy (non-hydrogen) atoms. The third-order valence-electron chi connectivity index (χ3n) is 12.5. The summed E-state index contributed by atoms with van der Waals surface area (Å²) in [6.07, 6.45) is 33.7. The minimum Gasteiger partial charge on any atom is -0.481 e. The summed E-state index contributed by atoms with van der Waals surface area (Å²) < 4.78 is 44.3. The zero-order valence-corrected chi connectivity index (χ0v) is 42.9. The maximum absolute atomic E-state index is 14.0. The first-order chi connectivity index (χ1) is 30.9. The van der Waals surface area contributed by atoms with Crippen molar-refractivity contribution in [3.63, 3.8) is 0 Å². The first-order valence-electron chi connectivity index (χ1n) is 25.7. The first-order valence-corrected chi connectivity index (χ1v) is 29.2. The van der Waals surface area contributed by atoms with Gasteiger partial charge in [0.25, 0.3) is 8.32 Å². The van der Waals surface area contributed by atoms with Gasteiger partial charge >= 0.3 is 11.9 Å². The summed E-state index contributed by atoms with van der Waals surface area (Å²) in [5.41, 5.74) is 0. The van der Waals surface area contributed by atoms with Crippen LogP contribution in [0.2, 0.25) is 5.04 Å². The Morgan fingerprint density at radius 2 is 1.03 bits per heavy atom. The average molecular weight is 926 g/mol. The van der Waals surface area contributed by atoms with Crippen LogP contribution in [0.15, 0.2) is 72.8 Å². The molecular formula is C54H91NO7SSi. The number of allylic oxidation sites excluding steroid dienone is 1. The van der Waals surface area contributed by atoms with Crippen molar-refractivity contribution in [3.05, 3.63) is 72.8 Å². The maximum atomic E-state index is 14.0. The SMILES string of the molecule is CCCCCCCCCCCCCC=C[C@@H](O[Si](c1ccccc1)(c1ccccc1)C(C)(C)C)[C@H](COC(=O)CCC(=O)O)NS(=O)(=O)CCCCCCCCCCCCCCCC. The number of ether oxygens (including phenoxy) is 1. The molecule has 0 aliphatic carbocycles. The molecule has 0 saturated carbocycles. The molecule has 2 aromatic rings. The Kier molecular flexibility index (Phi) is 30.9. The van der Waals surface area contributed by atoms with Gasteiger partial charge in [0.15, 0.2) is 0 Å². The monoisotopic (exact) mass is 926 g/mol. The smallest absolute Gasteiger partial charge is 0.306 e. The van der Waals surface area contributed by atoms with Gasteiger partial charge in [-0.25, -0.2) is 13.1 Å². The van der Waals surface area contributed by atoms with Crippen molar-refractivity contribution in [1.82, 2.24) is 4.72 Å².